The number of H-pyrrole nitrogens is 1. The zero-order valence-corrected chi connectivity index (χ0v) is 16.0. The Morgan fingerprint density at radius 3 is 2.79 bits per heavy atom. The number of fused-ring (bicyclic) bond motifs is 1. The van der Waals surface area contributed by atoms with Gasteiger partial charge in [0.15, 0.2) is 5.78 Å². The maximum absolute atomic E-state index is 13.2. The van der Waals surface area contributed by atoms with Crippen LogP contribution in [-0.2, 0) is 9.53 Å². The molecule has 2 aliphatic carbocycles. The summed E-state index contributed by atoms with van der Waals surface area (Å²) in [5.41, 5.74) is 2.34. The second kappa shape index (κ2) is 7.20. The van der Waals surface area contributed by atoms with Crippen molar-refractivity contribution < 1.29 is 9.53 Å². The number of aromatic nitrogens is 2. The second-order valence-corrected chi connectivity index (χ2v) is 8.07. The molecule has 4 aliphatic rings. The van der Waals surface area contributed by atoms with Crippen molar-refractivity contribution in [2.24, 2.45) is 5.92 Å². The molecule has 7 heteroatoms. The van der Waals surface area contributed by atoms with Crippen LogP contribution >= 0.6 is 0 Å². The van der Waals surface area contributed by atoms with Gasteiger partial charge in [0.2, 0.25) is 5.95 Å². The quantitative estimate of drug-likeness (QED) is 0.764. The number of hydrogen-bond donors (Lipinski definition) is 2. The summed E-state index contributed by atoms with van der Waals surface area (Å²) >= 11 is 0. The highest BCUT2D eigenvalue weighted by Crippen LogP contribution is 2.46. The molecule has 3 heterocycles. The fraction of sp³-hybridized carbons (Fsp3) is 0.571. The first-order valence-corrected chi connectivity index (χ1v) is 10.4. The largest absolute Gasteiger partial charge is 0.378 e. The Balaban J connectivity index is 1.61. The van der Waals surface area contributed by atoms with Crippen LogP contribution in [0, 0.1) is 5.92 Å². The van der Waals surface area contributed by atoms with E-state index in [2.05, 4.69) is 27.4 Å². The number of carbonyl (C=O) groups is 1. The fourth-order valence-electron chi connectivity index (χ4n) is 5.01. The van der Waals surface area contributed by atoms with Crippen LogP contribution in [0.4, 0.5) is 11.8 Å². The maximum Gasteiger partial charge on any atom is 0.258 e. The summed E-state index contributed by atoms with van der Waals surface area (Å²) in [5, 5.41) is 3.37. The van der Waals surface area contributed by atoms with Gasteiger partial charge in [0.25, 0.3) is 5.56 Å². The molecule has 0 saturated carbocycles. The van der Waals surface area contributed by atoms with Crippen LogP contribution in [0.15, 0.2) is 28.2 Å². The summed E-state index contributed by atoms with van der Waals surface area (Å²) in [5.74, 6) is 1.54. The first kappa shape index (κ1) is 17.7. The normalized spacial score (nSPS) is 27.3. The van der Waals surface area contributed by atoms with Gasteiger partial charge in [-0.1, -0.05) is 12.2 Å². The van der Waals surface area contributed by atoms with E-state index in [1.54, 1.807) is 0 Å². The molecule has 0 radical (unpaired) electrons. The van der Waals surface area contributed by atoms with Gasteiger partial charge < -0.3 is 15.0 Å². The number of anilines is 2. The van der Waals surface area contributed by atoms with Gasteiger partial charge >= 0.3 is 0 Å². The monoisotopic (exact) mass is 382 g/mol. The summed E-state index contributed by atoms with van der Waals surface area (Å²) in [6, 6.07) is 0. The molecule has 2 atom stereocenters. The van der Waals surface area contributed by atoms with Crippen molar-refractivity contribution in [3.05, 3.63) is 39.3 Å². The van der Waals surface area contributed by atoms with E-state index in [0.29, 0.717) is 50.1 Å². The van der Waals surface area contributed by atoms with Crippen molar-refractivity contribution in [1.82, 2.24) is 9.97 Å². The molecule has 2 unspecified atom stereocenters. The van der Waals surface area contributed by atoms with Crippen LogP contribution in [-0.4, -0.2) is 42.1 Å². The van der Waals surface area contributed by atoms with Gasteiger partial charge in [-0.25, -0.2) is 0 Å². The first-order chi connectivity index (χ1) is 13.7. The molecular formula is C21H26N4O3. The Kier molecular flexibility index (Phi) is 4.55. The molecule has 1 aromatic rings. The lowest BCUT2D eigenvalue weighted by Crippen LogP contribution is -2.40. The fourth-order valence-corrected chi connectivity index (χ4v) is 5.01. The van der Waals surface area contributed by atoms with Crippen molar-refractivity contribution in [1.29, 1.82) is 0 Å². The highest BCUT2D eigenvalue weighted by Gasteiger charge is 2.41. The maximum atomic E-state index is 13.2. The van der Waals surface area contributed by atoms with Crippen molar-refractivity contribution in [2.75, 3.05) is 36.5 Å². The summed E-state index contributed by atoms with van der Waals surface area (Å²) in [7, 11) is 0. The molecule has 2 aliphatic heterocycles. The highest BCUT2D eigenvalue weighted by molar-refractivity contribution is 6.00. The van der Waals surface area contributed by atoms with E-state index in [1.165, 1.54) is 0 Å². The number of allylic oxidation sites excluding steroid dienone is 4. The molecule has 2 N–H and O–H groups in total. The third-order valence-electron chi connectivity index (χ3n) is 6.38. The van der Waals surface area contributed by atoms with Crippen LogP contribution in [0.25, 0.3) is 0 Å². The van der Waals surface area contributed by atoms with Crippen molar-refractivity contribution in [2.45, 2.75) is 44.4 Å². The molecule has 1 aromatic heterocycles. The molecule has 1 fully saturated rings. The van der Waals surface area contributed by atoms with Crippen LogP contribution in [0.5, 0.6) is 0 Å². The lowest BCUT2D eigenvalue weighted by atomic mass is 9.70. The van der Waals surface area contributed by atoms with Gasteiger partial charge in [0, 0.05) is 36.7 Å². The number of Topliss-reactive ketones (excluding diaryl/α,β-unsaturated/α-hetero) is 1. The number of ketones is 1. The van der Waals surface area contributed by atoms with Crippen molar-refractivity contribution >= 4 is 17.5 Å². The third kappa shape index (κ3) is 2.98. The van der Waals surface area contributed by atoms with Crippen LogP contribution < -0.4 is 15.8 Å². The highest BCUT2D eigenvalue weighted by atomic mass is 16.5. The summed E-state index contributed by atoms with van der Waals surface area (Å²) in [4.78, 5) is 35.9. The van der Waals surface area contributed by atoms with E-state index in [1.807, 2.05) is 0 Å². The van der Waals surface area contributed by atoms with Gasteiger partial charge in [-0.3, -0.25) is 14.6 Å². The predicted molar refractivity (Wildman–Crippen MR) is 107 cm³/mol. The predicted octanol–water partition coefficient (Wildman–Crippen LogP) is 2.48. The number of carbonyl (C=O) groups excluding carboxylic acids is 1. The van der Waals surface area contributed by atoms with E-state index < -0.39 is 0 Å². The molecule has 148 valence electrons. The third-order valence-corrected chi connectivity index (χ3v) is 6.38. The SMILES string of the molecule is O=C1CCCC2=C1C(C1CC=CCC1)c1c(nc(N3CCOCC3)[nH]c1=O)N2. The van der Waals surface area contributed by atoms with Crippen LogP contribution in [0.3, 0.4) is 0 Å². The number of ether oxygens (including phenoxy) is 1. The average molecular weight is 382 g/mol. The Morgan fingerprint density at radius 1 is 1.14 bits per heavy atom. The Morgan fingerprint density at radius 2 is 2.00 bits per heavy atom. The van der Waals surface area contributed by atoms with Gasteiger partial charge in [-0.15, -0.1) is 0 Å². The minimum Gasteiger partial charge on any atom is -0.378 e. The Hall–Kier alpha value is -2.41. The van der Waals surface area contributed by atoms with Crippen molar-refractivity contribution in [3.63, 3.8) is 0 Å². The molecule has 0 aromatic carbocycles. The molecular weight excluding hydrogens is 356 g/mol. The standard InChI is InChI=1S/C21H26N4O3/c26-15-8-4-7-14-17(15)16(13-5-2-1-3-6-13)18-19(22-14)23-21(24-20(18)27)25-9-11-28-12-10-25/h1-2,13,16H,3-12H2,(H2,22,23,24,27). The summed E-state index contributed by atoms with van der Waals surface area (Å²) < 4.78 is 5.41. The number of hydrogen-bond acceptors (Lipinski definition) is 6. The van der Waals surface area contributed by atoms with E-state index in [4.69, 9.17) is 9.72 Å². The zero-order valence-electron chi connectivity index (χ0n) is 16.0. The molecule has 7 nitrogen and oxygen atoms in total. The van der Waals surface area contributed by atoms with E-state index in [0.717, 1.165) is 43.4 Å². The molecule has 1 saturated heterocycles. The molecule has 5 rings (SSSR count). The number of nitrogens with zero attached hydrogens (tertiary/aromatic N) is 2. The number of nitrogens with one attached hydrogen (secondary N) is 2. The Bertz CT molecular complexity index is 911. The van der Waals surface area contributed by atoms with Gasteiger partial charge in [0.05, 0.1) is 18.8 Å². The second-order valence-electron chi connectivity index (χ2n) is 8.07. The zero-order chi connectivity index (χ0) is 19.1. The minimum absolute atomic E-state index is 0.122. The van der Waals surface area contributed by atoms with Crippen molar-refractivity contribution in [3.8, 4) is 0 Å². The molecule has 0 spiro atoms. The Labute approximate surface area is 163 Å². The number of rotatable bonds is 2. The van der Waals surface area contributed by atoms with E-state index in [-0.39, 0.29) is 23.2 Å². The number of aromatic amines is 1. The van der Waals surface area contributed by atoms with Gasteiger partial charge in [0.1, 0.15) is 5.82 Å². The van der Waals surface area contributed by atoms with Crippen LogP contribution in [0.2, 0.25) is 0 Å². The lowest BCUT2D eigenvalue weighted by molar-refractivity contribution is -0.116. The lowest BCUT2D eigenvalue weighted by Gasteiger charge is -2.37. The first-order valence-electron chi connectivity index (χ1n) is 10.4. The minimum atomic E-state index is -0.154. The average Bonchev–Trinajstić information content (AvgIpc) is 2.73. The molecule has 0 amide bonds. The van der Waals surface area contributed by atoms with E-state index >= 15 is 0 Å². The van der Waals surface area contributed by atoms with E-state index in [9.17, 15) is 9.59 Å². The molecule has 0 bridgehead atoms. The van der Waals surface area contributed by atoms with Crippen LogP contribution in [0.1, 0.15) is 50.0 Å². The summed E-state index contributed by atoms with van der Waals surface area (Å²) in [6.07, 6.45) is 9.56. The smallest absolute Gasteiger partial charge is 0.258 e. The topological polar surface area (TPSA) is 87.3 Å². The van der Waals surface area contributed by atoms with Gasteiger partial charge in [-0.2, -0.15) is 4.98 Å². The summed E-state index contributed by atoms with van der Waals surface area (Å²) in [6.45, 7) is 2.69. The number of morpholine rings is 1. The molecule has 28 heavy (non-hydrogen) atoms. The van der Waals surface area contributed by atoms with Gasteiger partial charge in [-0.05, 0) is 38.0 Å².